The van der Waals surface area contributed by atoms with Crippen LogP contribution in [0.25, 0.3) is 6.08 Å². The first-order valence-corrected chi connectivity index (χ1v) is 6.28. The third-order valence-corrected chi connectivity index (χ3v) is 2.96. The van der Waals surface area contributed by atoms with E-state index < -0.39 is 16.0 Å². The Hall–Kier alpha value is -0.530. The van der Waals surface area contributed by atoms with E-state index in [0.29, 0.717) is 12.2 Å². The van der Waals surface area contributed by atoms with E-state index in [1.807, 2.05) is 6.08 Å². The number of anilines is 2. The molecule has 0 aromatic heterocycles. The summed E-state index contributed by atoms with van der Waals surface area (Å²) in [7, 11) is -4.27. The molecule has 0 aliphatic carbocycles. The van der Waals surface area contributed by atoms with Gasteiger partial charge in [0, 0.05) is 17.9 Å². The van der Waals surface area contributed by atoms with Crippen LogP contribution in [0.3, 0.4) is 0 Å². The molecule has 86 valence electrons. The number of nitrogens with zero attached hydrogens (tertiary/aromatic N) is 1. The van der Waals surface area contributed by atoms with Crippen LogP contribution in [0, 0.1) is 0 Å². The number of benzene rings is 1. The van der Waals surface area contributed by atoms with E-state index in [1.165, 1.54) is 4.90 Å². The molecule has 7 heteroatoms. The number of nitrogen functional groups attached to an aromatic ring is 1. The van der Waals surface area contributed by atoms with E-state index >= 15 is 0 Å². The first-order chi connectivity index (χ1) is 7.46. The van der Waals surface area contributed by atoms with Crippen molar-refractivity contribution in [1.82, 2.24) is 0 Å². The molecule has 17 heavy (non-hydrogen) atoms. The molecule has 1 aliphatic rings. The van der Waals surface area contributed by atoms with E-state index in [2.05, 4.69) is 0 Å². The maximum atomic E-state index is 10.7. The van der Waals surface area contributed by atoms with E-state index in [1.54, 1.807) is 24.3 Å². The topological polar surface area (TPSA) is 86.5 Å². The van der Waals surface area contributed by atoms with Crippen LogP contribution in [-0.2, 0) is 10.1 Å². The van der Waals surface area contributed by atoms with Crippen LogP contribution in [0.1, 0.15) is 5.56 Å². The smallest absolute Gasteiger partial charge is 0.747 e. The van der Waals surface area contributed by atoms with Gasteiger partial charge in [0.15, 0.2) is 0 Å². The van der Waals surface area contributed by atoms with Crippen LogP contribution in [-0.4, -0.2) is 25.4 Å². The molecule has 0 atom stereocenters. The van der Waals surface area contributed by atoms with Crippen molar-refractivity contribution in [2.24, 2.45) is 0 Å². The summed E-state index contributed by atoms with van der Waals surface area (Å²) in [6.45, 7) is 0.415. The van der Waals surface area contributed by atoms with Gasteiger partial charge in [-0.2, -0.15) is 0 Å². The molecule has 1 aromatic rings. The van der Waals surface area contributed by atoms with Gasteiger partial charge in [-0.25, -0.2) is 8.42 Å². The Bertz CT molecular complexity index is 542. The maximum Gasteiger partial charge on any atom is 1.00 e. The van der Waals surface area contributed by atoms with Gasteiger partial charge in [0.05, 0.1) is 0 Å². The minimum atomic E-state index is -4.27. The van der Waals surface area contributed by atoms with Gasteiger partial charge in [-0.3, -0.25) is 0 Å². The van der Waals surface area contributed by atoms with Crippen LogP contribution in [0.4, 0.5) is 11.4 Å². The summed E-state index contributed by atoms with van der Waals surface area (Å²) in [5, 5.41) is 0. The normalized spacial score (nSPS) is 14.1. The molecule has 2 rings (SSSR count). The van der Waals surface area contributed by atoms with Crippen LogP contribution in [0.5, 0.6) is 0 Å². The Morgan fingerprint density at radius 2 is 2.12 bits per heavy atom. The molecule has 0 amide bonds. The van der Waals surface area contributed by atoms with Gasteiger partial charge >= 0.3 is 29.6 Å². The first-order valence-electron chi connectivity index (χ1n) is 4.70. The summed E-state index contributed by atoms with van der Waals surface area (Å²) in [5.41, 5.74) is 7.78. The largest absolute Gasteiger partial charge is 1.00 e. The second kappa shape index (κ2) is 5.41. The number of rotatable bonds is 2. The summed E-state index contributed by atoms with van der Waals surface area (Å²) < 4.78 is 32.2. The van der Waals surface area contributed by atoms with Crippen molar-refractivity contribution in [3.8, 4) is 0 Å². The fourth-order valence-corrected chi connectivity index (χ4v) is 2.34. The second-order valence-electron chi connectivity index (χ2n) is 3.63. The van der Waals surface area contributed by atoms with E-state index in [4.69, 9.17) is 5.73 Å². The number of fused-ring (bicyclic) bond motifs is 1. The Morgan fingerprint density at radius 3 is 2.76 bits per heavy atom. The monoisotopic (exact) mass is 262 g/mol. The van der Waals surface area contributed by atoms with Crippen LogP contribution in [0.15, 0.2) is 24.3 Å². The van der Waals surface area contributed by atoms with Gasteiger partial charge in [-0.05, 0) is 23.8 Å². The maximum absolute atomic E-state index is 10.7. The third kappa shape index (κ3) is 3.72. The van der Waals surface area contributed by atoms with Gasteiger partial charge in [0.2, 0.25) is 0 Å². The predicted octanol–water partition coefficient (Wildman–Crippen LogP) is -2.39. The zero-order valence-electron chi connectivity index (χ0n) is 9.46. The van der Waals surface area contributed by atoms with Crippen molar-refractivity contribution in [2.75, 3.05) is 23.1 Å². The molecule has 1 aliphatic heterocycles. The fourth-order valence-electron chi connectivity index (χ4n) is 1.71. The van der Waals surface area contributed by atoms with Crippen molar-refractivity contribution < 1.29 is 42.5 Å². The van der Waals surface area contributed by atoms with Crippen molar-refractivity contribution in [3.05, 3.63) is 29.8 Å². The van der Waals surface area contributed by atoms with Crippen molar-refractivity contribution >= 4 is 27.6 Å². The molecule has 1 aromatic carbocycles. The quantitative estimate of drug-likeness (QED) is 0.365. The first kappa shape index (κ1) is 14.5. The number of hydrogen-bond acceptors (Lipinski definition) is 5. The van der Waals surface area contributed by atoms with Gasteiger partial charge in [-0.15, -0.1) is 0 Å². The third-order valence-electron chi connectivity index (χ3n) is 2.33. The molecule has 5 nitrogen and oxygen atoms in total. The Balaban J connectivity index is 0.00000144. The van der Waals surface area contributed by atoms with E-state index in [0.717, 1.165) is 11.3 Å². The van der Waals surface area contributed by atoms with E-state index in [9.17, 15) is 13.0 Å². The number of hydrogen-bond donors (Lipinski definition) is 1. The molecule has 0 saturated heterocycles. The molecule has 0 unspecified atom stereocenters. The van der Waals surface area contributed by atoms with E-state index in [-0.39, 0.29) is 29.6 Å². The minimum absolute atomic E-state index is 0. The van der Waals surface area contributed by atoms with Crippen molar-refractivity contribution in [2.45, 2.75) is 0 Å². The summed E-state index contributed by atoms with van der Waals surface area (Å²) in [6, 6.07) is 5.15. The van der Waals surface area contributed by atoms with Crippen LogP contribution >= 0.6 is 0 Å². The van der Waals surface area contributed by atoms with Gasteiger partial charge in [0.1, 0.15) is 16.0 Å². The van der Waals surface area contributed by atoms with Gasteiger partial charge < -0.3 is 15.2 Å². The van der Waals surface area contributed by atoms with Crippen molar-refractivity contribution in [1.29, 1.82) is 0 Å². The number of nitrogens with two attached hydrogens (primary N) is 1. The molecule has 2 N–H and O–H groups in total. The van der Waals surface area contributed by atoms with Gasteiger partial charge in [0.25, 0.3) is 0 Å². The standard InChI is InChI=1S/C10H12N2O3S.Na/c11-9-3-4-10-8(6-9)2-1-5-12(10)7-16(13,14)15;/h1-4,6H,5,7,11H2,(H,13,14,15);/q;+1/p-1. The molecule has 0 fully saturated rings. The molecular formula is C10H11N2NaO3S. The second-order valence-corrected chi connectivity index (χ2v) is 5.00. The average Bonchev–Trinajstić information content (AvgIpc) is 2.15. The molecule has 0 saturated carbocycles. The predicted molar refractivity (Wildman–Crippen MR) is 61.8 cm³/mol. The Kier molecular flexibility index (Phi) is 4.62. The molecule has 0 spiro atoms. The summed E-state index contributed by atoms with van der Waals surface area (Å²) in [6.07, 6.45) is 3.66. The van der Waals surface area contributed by atoms with Crippen LogP contribution in [0.2, 0.25) is 0 Å². The zero-order chi connectivity index (χ0) is 11.8. The van der Waals surface area contributed by atoms with Gasteiger partial charge in [-0.1, -0.05) is 12.2 Å². The Morgan fingerprint density at radius 1 is 1.41 bits per heavy atom. The Labute approximate surface area is 122 Å². The van der Waals surface area contributed by atoms with Crippen molar-refractivity contribution in [3.63, 3.8) is 0 Å². The minimum Gasteiger partial charge on any atom is -0.747 e. The van der Waals surface area contributed by atoms with Crippen LogP contribution < -0.4 is 40.2 Å². The molecule has 0 bridgehead atoms. The summed E-state index contributed by atoms with van der Waals surface area (Å²) >= 11 is 0. The fraction of sp³-hybridized carbons (Fsp3) is 0.200. The molecule has 1 heterocycles. The SMILES string of the molecule is Nc1ccc2c(c1)C=CCN2CS(=O)(=O)[O-].[Na+]. The molecule has 0 radical (unpaired) electrons. The average molecular weight is 262 g/mol. The molecular weight excluding hydrogens is 251 g/mol. The zero-order valence-corrected chi connectivity index (χ0v) is 12.3. The summed E-state index contributed by atoms with van der Waals surface area (Å²) in [5.74, 6) is -0.520. The summed E-state index contributed by atoms with van der Waals surface area (Å²) in [4.78, 5) is 1.51.